The maximum atomic E-state index is 11.0. The van der Waals surface area contributed by atoms with Gasteiger partial charge < -0.3 is 19.8 Å². The fourth-order valence-corrected chi connectivity index (χ4v) is 4.26. The zero-order valence-corrected chi connectivity index (χ0v) is 16.7. The number of anilines is 1. The van der Waals surface area contributed by atoms with E-state index in [9.17, 15) is 13.5 Å². The second kappa shape index (κ2) is 7.88. The first-order valence-corrected chi connectivity index (χ1v) is 10.8. The van der Waals surface area contributed by atoms with Crippen LogP contribution >= 0.6 is 0 Å². The Morgan fingerprint density at radius 1 is 1.45 bits per heavy atom. The zero-order chi connectivity index (χ0) is 20.6. The fourth-order valence-electron chi connectivity index (χ4n) is 3.90. The lowest BCUT2D eigenvalue weighted by Gasteiger charge is -2.14. The molecule has 2 aromatic heterocycles. The third-order valence-electron chi connectivity index (χ3n) is 5.28. The SMILES string of the molecule is CC1=CC(CNc2ncnc3c2ccn3[C@@H]2C[C@@H](COS(N)(=O)=O)[C@@H](O)C2)NO1. The molecule has 0 amide bonds. The fraction of sp³-hybridized carbons (Fsp3) is 0.529. The number of aliphatic hydroxyl groups excluding tert-OH is 1. The molecule has 12 heteroatoms. The summed E-state index contributed by atoms with van der Waals surface area (Å²) in [6.07, 6.45) is 5.74. The molecular formula is C17H24N6O5S. The number of rotatable bonds is 7. The first kappa shape index (κ1) is 20.0. The van der Waals surface area contributed by atoms with Crippen molar-refractivity contribution >= 4 is 27.2 Å². The summed E-state index contributed by atoms with van der Waals surface area (Å²) in [5.74, 6) is 1.22. The van der Waals surface area contributed by atoms with Crippen LogP contribution in [0.4, 0.5) is 5.82 Å². The number of nitrogens with zero attached hydrogens (tertiary/aromatic N) is 3. The molecule has 0 aromatic carbocycles. The number of aliphatic hydroxyl groups is 1. The van der Waals surface area contributed by atoms with Crippen LogP contribution in [0.25, 0.3) is 11.0 Å². The summed E-state index contributed by atoms with van der Waals surface area (Å²) in [6.45, 7) is 2.35. The quantitative estimate of drug-likeness (QED) is 0.487. The molecule has 0 radical (unpaired) electrons. The van der Waals surface area contributed by atoms with Crippen LogP contribution in [0.3, 0.4) is 0 Å². The van der Waals surface area contributed by atoms with E-state index in [-0.39, 0.29) is 24.6 Å². The topological polar surface area (TPSA) is 154 Å². The van der Waals surface area contributed by atoms with Gasteiger partial charge in [-0.2, -0.15) is 8.42 Å². The highest BCUT2D eigenvalue weighted by Gasteiger charge is 2.35. The average Bonchev–Trinajstić information content (AvgIpc) is 3.36. The normalized spacial score (nSPS) is 27.2. The van der Waals surface area contributed by atoms with Gasteiger partial charge >= 0.3 is 10.3 Å². The van der Waals surface area contributed by atoms with E-state index in [1.54, 1.807) is 0 Å². The first-order chi connectivity index (χ1) is 13.8. The van der Waals surface area contributed by atoms with Gasteiger partial charge in [-0.1, -0.05) is 0 Å². The molecule has 2 aliphatic rings. The van der Waals surface area contributed by atoms with E-state index in [4.69, 9.17) is 9.98 Å². The second-order valence-corrected chi connectivity index (χ2v) is 8.62. The summed E-state index contributed by atoms with van der Waals surface area (Å²) in [6, 6.07) is 1.94. The molecular weight excluding hydrogens is 400 g/mol. The third kappa shape index (κ3) is 4.51. The van der Waals surface area contributed by atoms with Crippen LogP contribution in [0, 0.1) is 5.92 Å². The maximum Gasteiger partial charge on any atom is 0.333 e. The van der Waals surface area contributed by atoms with Gasteiger partial charge in [0.05, 0.1) is 24.1 Å². The molecule has 4 rings (SSSR count). The van der Waals surface area contributed by atoms with Gasteiger partial charge in [-0.3, -0.25) is 4.18 Å². The van der Waals surface area contributed by atoms with Crippen LogP contribution in [-0.2, 0) is 19.3 Å². The Hall–Kier alpha value is -2.25. The molecule has 5 N–H and O–H groups in total. The predicted octanol–water partition coefficient (Wildman–Crippen LogP) is 0.183. The molecule has 4 atom stereocenters. The van der Waals surface area contributed by atoms with Gasteiger partial charge in [0, 0.05) is 24.7 Å². The van der Waals surface area contributed by atoms with Gasteiger partial charge in [0.1, 0.15) is 23.6 Å². The van der Waals surface area contributed by atoms with Crippen molar-refractivity contribution in [1.82, 2.24) is 20.0 Å². The highest BCUT2D eigenvalue weighted by Crippen LogP contribution is 2.37. The number of hydrogen-bond acceptors (Lipinski definition) is 9. The molecule has 1 unspecified atom stereocenters. The van der Waals surface area contributed by atoms with Crippen LogP contribution in [0.1, 0.15) is 25.8 Å². The molecule has 3 heterocycles. The number of allylic oxidation sites excluding steroid dienone is 1. The van der Waals surface area contributed by atoms with Crippen molar-refractivity contribution in [2.45, 2.75) is 38.0 Å². The van der Waals surface area contributed by atoms with Crippen LogP contribution < -0.4 is 15.9 Å². The Bertz CT molecular complexity index is 1020. The molecule has 29 heavy (non-hydrogen) atoms. The zero-order valence-electron chi connectivity index (χ0n) is 15.9. The molecule has 0 bridgehead atoms. The molecule has 0 saturated heterocycles. The maximum absolute atomic E-state index is 11.0. The summed E-state index contributed by atoms with van der Waals surface area (Å²) >= 11 is 0. The van der Waals surface area contributed by atoms with E-state index < -0.39 is 16.4 Å². The van der Waals surface area contributed by atoms with E-state index in [2.05, 4.69) is 24.9 Å². The molecule has 0 spiro atoms. The van der Waals surface area contributed by atoms with Crippen LogP contribution in [-0.4, -0.2) is 53.4 Å². The van der Waals surface area contributed by atoms with Gasteiger partial charge in [0.15, 0.2) is 0 Å². The lowest BCUT2D eigenvalue weighted by atomic mass is 10.1. The molecule has 2 aromatic rings. The van der Waals surface area contributed by atoms with Crippen molar-refractivity contribution < 1.29 is 22.5 Å². The van der Waals surface area contributed by atoms with Gasteiger partial charge in [0.2, 0.25) is 0 Å². The number of nitrogens with two attached hydrogens (primary N) is 1. The van der Waals surface area contributed by atoms with Crippen molar-refractivity contribution in [3.63, 3.8) is 0 Å². The van der Waals surface area contributed by atoms with E-state index in [1.807, 2.05) is 29.8 Å². The van der Waals surface area contributed by atoms with Crippen LogP contribution in [0.2, 0.25) is 0 Å². The first-order valence-electron chi connectivity index (χ1n) is 9.31. The molecule has 1 saturated carbocycles. The largest absolute Gasteiger partial charge is 0.413 e. The average molecular weight is 424 g/mol. The minimum Gasteiger partial charge on any atom is -0.413 e. The Balaban J connectivity index is 1.48. The molecule has 1 aliphatic heterocycles. The van der Waals surface area contributed by atoms with Crippen LogP contribution in [0.15, 0.2) is 30.4 Å². The minimum absolute atomic E-state index is 0.0326. The lowest BCUT2D eigenvalue weighted by Crippen LogP contribution is -2.29. The number of aromatic nitrogens is 3. The van der Waals surface area contributed by atoms with E-state index in [0.29, 0.717) is 25.2 Å². The molecule has 11 nitrogen and oxygen atoms in total. The van der Waals surface area contributed by atoms with E-state index in [0.717, 1.165) is 16.8 Å². The summed E-state index contributed by atoms with van der Waals surface area (Å²) in [5, 5.41) is 19.4. The summed E-state index contributed by atoms with van der Waals surface area (Å²) in [5.41, 5.74) is 3.66. The standard InChI is InChI=1S/C17H24N6O5S/c1-10-4-12(22-28-10)7-19-16-14-2-3-23(17(14)21-9-20-16)13-5-11(15(24)6-13)8-27-29(18,25)26/h2-4,9,11-13,15,22,24H,5-8H2,1H3,(H2,18,25,26)(H,19,20,21)/t11-,12?,13+,15-/m0/s1. The van der Waals surface area contributed by atoms with E-state index in [1.165, 1.54) is 6.33 Å². The van der Waals surface area contributed by atoms with Gasteiger partial charge in [-0.15, -0.1) is 5.48 Å². The van der Waals surface area contributed by atoms with Crippen molar-refractivity contribution in [1.29, 1.82) is 0 Å². The minimum atomic E-state index is -4.03. The van der Waals surface area contributed by atoms with Gasteiger partial charge in [0.25, 0.3) is 0 Å². The van der Waals surface area contributed by atoms with Gasteiger partial charge in [-0.05, 0) is 31.9 Å². The predicted molar refractivity (Wildman–Crippen MR) is 105 cm³/mol. The van der Waals surface area contributed by atoms with Crippen molar-refractivity contribution in [3.05, 3.63) is 30.4 Å². The number of hydrogen-bond donors (Lipinski definition) is 4. The van der Waals surface area contributed by atoms with Crippen LogP contribution in [0.5, 0.6) is 0 Å². The van der Waals surface area contributed by atoms with E-state index >= 15 is 0 Å². The highest BCUT2D eigenvalue weighted by atomic mass is 32.2. The molecule has 1 aliphatic carbocycles. The number of fused-ring (bicyclic) bond motifs is 1. The second-order valence-electron chi connectivity index (χ2n) is 7.40. The monoisotopic (exact) mass is 424 g/mol. The Labute approximate surface area is 168 Å². The Morgan fingerprint density at radius 2 is 2.28 bits per heavy atom. The van der Waals surface area contributed by atoms with Crippen molar-refractivity contribution in [2.75, 3.05) is 18.5 Å². The third-order valence-corrected chi connectivity index (χ3v) is 5.74. The molecule has 158 valence electrons. The summed E-state index contributed by atoms with van der Waals surface area (Å²) in [7, 11) is -4.03. The summed E-state index contributed by atoms with van der Waals surface area (Å²) in [4.78, 5) is 14.0. The number of hydroxylamine groups is 1. The van der Waals surface area contributed by atoms with Crippen molar-refractivity contribution in [2.24, 2.45) is 11.1 Å². The summed E-state index contributed by atoms with van der Waals surface area (Å²) < 4.78 is 28.7. The Kier molecular flexibility index (Phi) is 5.44. The molecule has 1 fully saturated rings. The number of nitrogens with one attached hydrogen (secondary N) is 2. The smallest absolute Gasteiger partial charge is 0.333 e. The Morgan fingerprint density at radius 3 is 3.00 bits per heavy atom. The highest BCUT2D eigenvalue weighted by molar-refractivity contribution is 7.84. The van der Waals surface area contributed by atoms with Gasteiger partial charge in [-0.25, -0.2) is 15.1 Å². The lowest BCUT2D eigenvalue weighted by molar-refractivity contribution is 0.100. The van der Waals surface area contributed by atoms with Crippen molar-refractivity contribution in [3.8, 4) is 0 Å².